The third-order valence-electron chi connectivity index (χ3n) is 0.784. The first-order chi connectivity index (χ1) is 4.41. The number of rotatable bonds is 3. The van der Waals surface area contributed by atoms with Gasteiger partial charge in [-0.1, -0.05) is 31.2 Å². The molecule has 0 atom stereocenters. The SMILES string of the molecule is CCC=CC=CC=C[O]. The van der Waals surface area contributed by atoms with Crippen LogP contribution in [-0.4, -0.2) is 0 Å². The Morgan fingerprint density at radius 3 is 2.33 bits per heavy atom. The fraction of sp³-hybridized carbons (Fsp3) is 0.250. The van der Waals surface area contributed by atoms with Crippen LogP contribution in [0.2, 0.25) is 0 Å². The highest BCUT2D eigenvalue weighted by Gasteiger charge is 1.61. The van der Waals surface area contributed by atoms with E-state index in [1.165, 1.54) is 6.08 Å². The summed E-state index contributed by atoms with van der Waals surface area (Å²) in [7, 11) is 0. The molecule has 0 aromatic rings. The zero-order valence-electron chi connectivity index (χ0n) is 5.58. The maximum atomic E-state index is 9.71. The van der Waals surface area contributed by atoms with Crippen molar-refractivity contribution in [2.45, 2.75) is 13.3 Å². The van der Waals surface area contributed by atoms with Gasteiger partial charge in [-0.3, -0.25) is 5.11 Å². The number of allylic oxidation sites excluding steroid dienone is 5. The summed E-state index contributed by atoms with van der Waals surface area (Å²) in [6.07, 6.45) is 10.7. The summed E-state index contributed by atoms with van der Waals surface area (Å²) in [5.41, 5.74) is 0. The molecule has 0 amide bonds. The molecule has 0 rings (SSSR count). The second-order valence-electron chi connectivity index (χ2n) is 1.55. The van der Waals surface area contributed by atoms with Crippen LogP contribution in [0.4, 0.5) is 0 Å². The van der Waals surface area contributed by atoms with Gasteiger partial charge in [0.05, 0.1) is 0 Å². The highest BCUT2D eigenvalue weighted by molar-refractivity contribution is 5.09. The lowest BCUT2D eigenvalue weighted by Crippen LogP contribution is -1.51. The molecule has 1 heteroatoms. The lowest BCUT2D eigenvalue weighted by atomic mass is 10.4. The molecular formula is C8H11O. The molecule has 9 heavy (non-hydrogen) atoms. The minimum atomic E-state index is 0.760. The fourth-order valence-electron chi connectivity index (χ4n) is 0.388. The summed E-state index contributed by atoms with van der Waals surface area (Å²) >= 11 is 0. The molecule has 1 nitrogen and oxygen atoms in total. The summed E-state index contributed by atoms with van der Waals surface area (Å²) in [4.78, 5) is 0. The maximum absolute atomic E-state index is 9.71. The molecule has 0 N–H and O–H groups in total. The van der Waals surface area contributed by atoms with Crippen LogP contribution in [0, 0.1) is 0 Å². The van der Waals surface area contributed by atoms with E-state index in [1.54, 1.807) is 6.08 Å². The van der Waals surface area contributed by atoms with Gasteiger partial charge >= 0.3 is 0 Å². The van der Waals surface area contributed by atoms with E-state index in [9.17, 15) is 5.11 Å². The van der Waals surface area contributed by atoms with Crippen molar-refractivity contribution >= 4 is 0 Å². The molecule has 0 aliphatic carbocycles. The van der Waals surface area contributed by atoms with Gasteiger partial charge < -0.3 is 0 Å². The molecule has 0 aliphatic rings. The number of hydrogen-bond acceptors (Lipinski definition) is 0. The molecule has 0 bridgehead atoms. The van der Waals surface area contributed by atoms with Gasteiger partial charge in [-0.2, -0.15) is 0 Å². The van der Waals surface area contributed by atoms with Crippen molar-refractivity contribution in [1.82, 2.24) is 0 Å². The molecule has 0 aliphatic heterocycles. The second kappa shape index (κ2) is 7.02. The van der Waals surface area contributed by atoms with E-state index < -0.39 is 0 Å². The Bertz CT molecular complexity index is 121. The summed E-state index contributed by atoms with van der Waals surface area (Å²) in [5, 5.41) is 9.71. The van der Waals surface area contributed by atoms with E-state index in [4.69, 9.17) is 0 Å². The van der Waals surface area contributed by atoms with Crippen molar-refractivity contribution in [2.24, 2.45) is 0 Å². The van der Waals surface area contributed by atoms with E-state index in [0.717, 1.165) is 12.7 Å². The van der Waals surface area contributed by atoms with Gasteiger partial charge in [0, 0.05) is 0 Å². The Hall–Kier alpha value is -0.980. The quantitative estimate of drug-likeness (QED) is 0.406. The zero-order chi connectivity index (χ0) is 6.95. The van der Waals surface area contributed by atoms with Crippen LogP contribution in [0.3, 0.4) is 0 Å². The van der Waals surface area contributed by atoms with Crippen LogP contribution in [0.25, 0.3) is 0 Å². The summed E-state index contributed by atoms with van der Waals surface area (Å²) in [6, 6.07) is 0. The molecule has 0 spiro atoms. The van der Waals surface area contributed by atoms with Gasteiger partial charge in [0.15, 0.2) is 0 Å². The summed E-state index contributed by atoms with van der Waals surface area (Å²) < 4.78 is 0. The minimum absolute atomic E-state index is 0.760. The number of hydrogen-bond donors (Lipinski definition) is 0. The Morgan fingerprint density at radius 2 is 1.78 bits per heavy atom. The van der Waals surface area contributed by atoms with Crippen LogP contribution < -0.4 is 0 Å². The largest absolute Gasteiger partial charge is 0.299 e. The molecule has 0 fully saturated rings. The van der Waals surface area contributed by atoms with Crippen molar-refractivity contribution in [1.29, 1.82) is 0 Å². The molecule has 0 unspecified atom stereocenters. The van der Waals surface area contributed by atoms with Crippen LogP contribution in [0.5, 0.6) is 0 Å². The first-order valence-corrected chi connectivity index (χ1v) is 3.02. The highest BCUT2D eigenvalue weighted by Crippen LogP contribution is 1.81. The standard InChI is InChI=1S/C8H11O/c1-2-3-4-5-6-7-8-9/h3-8H,2H2,1H3. The zero-order valence-corrected chi connectivity index (χ0v) is 5.58. The first kappa shape index (κ1) is 8.02. The highest BCUT2D eigenvalue weighted by atomic mass is 16.2. The normalized spacial score (nSPS) is 12.6. The average Bonchev–Trinajstić information content (AvgIpc) is 1.89. The van der Waals surface area contributed by atoms with Gasteiger partial charge in [0.2, 0.25) is 0 Å². The smallest absolute Gasteiger partial charge is 0.142 e. The lowest BCUT2D eigenvalue weighted by molar-refractivity contribution is 0.352. The van der Waals surface area contributed by atoms with Gasteiger partial charge in [0.1, 0.15) is 6.26 Å². The van der Waals surface area contributed by atoms with E-state index in [0.29, 0.717) is 0 Å². The Morgan fingerprint density at radius 1 is 1.11 bits per heavy atom. The summed E-state index contributed by atoms with van der Waals surface area (Å²) in [6.45, 7) is 2.06. The van der Waals surface area contributed by atoms with Crippen LogP contribution in [0.1, 0.15) is 13.3 Å². The molecular weight excluding hydrogens is 112 g/mol. The van der Waals surface area contributed by atoms with Crippen molar-refractivity contribution < 1.29 is 5.11 Å². The fourth-order valence-corrected chi connectivity index (χ4v) is 0.388. The Kier molecular flexibility index (Phi) is 6.26. The molecule has 0 saturated carbocycles. The average molecular weight is 123 g/mol. The van der Waals surface area contributed by atoms with Crippen LogP contribution in [0.15, 0.2) is 36.6 Å². The topological polar surface area (TPSA) is 19.9 Å². The Balaban J connectivity index is 3.35. The molecule has 0 aromatic heterocycles. The molecule has 0 aromatic carbocycles. The van der Waals surface area contributed by atoms with E-state index in [2.05, 4.69) is 6.92 Å². The molecule has 1 radical (unpaired) electrons. The summed E-state index contributed by atoms with van der Waals surface area (Å²) in [5.74, 6) is 0. The van der Waals surface area contributed by atoms with Crippen molar-refractivity contribution in [3.63, 3.8) is 0 Å². The Labute approximate surface area is 56.0 Å². The molecule has 49 valence electrons. The predicted molar refractivity (Wildman–Crippen MR) is 38.4 cm³/mol. The monoisotopic (exact) mass is 123 g/mol. The first-order valence-electron chi connectivity index (χ1n) is 3.02. The lowest BCUT2D eigenvalue weighted by Gasteiger charge is -1.71. The third-order valence-corrected chi connectivity index (χ3v) is 0.784. The van der Waals surface area contributed by atoms with E-state index in [1.807, 2.05) is 18.2 Å². The van der Waals surface area contributed by atoms with Gasteiger partial charge in [-0.25, -0.2) is 0 Å². The molecule has 0 saturated heterocycles. The minimum Gasteiger partial charge on any atom is -0.299 e. The van der Waals surface area contributed by atoms with Crippen LogP contribution in [-0.2, 0) is 5.11 Å². The van der Waals surface area contributed by atoms with Gasteiger partial charge in [0.25, 0.3) is 0 Å². The third kappa shape index (κ3) is 7.02. The van der Waals surface area contributed by atoms with Gasteiger partial charge in [-0.05, 0) is 12.5 Å². The van der Waals surface area contributed by atoms with Crippen molar-refractivity contribution in [2.75, 3.05) is 0 Å². The van der Waals surface area contributed by atoms with Gasteiger partial charge in [-0.15, -0.1) is 0 Å². The maximum Gasteiger partial charge on any atom is 0.142 e. The second-order valence-corrected chi connectivity index (χ2v) is 1.55. The van der Waals surface area contributed by atoms with Crippen molar-refractivity contribution in [3.8, 4) is 0 Å². The van der Waals surface area contributed by atoms with Crippen LogP contribution >= 0.6 is 0 Å². The van der Waals surface area contributed by atoms with Crippen molar-refractivity contribution in [3.05, 3.63) is 36.6 Å². The van der Waals surface area contributed by atoms with E-state index in [-0.39, 0.29) is 0 Å². The van der Waals surface area contributed by atoms with E-state index >= 15 is 0 Å². The predicted octanol–water partition coefficient (Wildman–Crippen LogP) is 2.45. The molecule has 0 heterocycles.